The van der Waals surface area contributed by atoms with Gasteiger partial charge in [0.1, 0.15) is 0 Å². The van der Waals surface area contributed by atoms with Gasteiger partial charge < -0.3 is 10.1 Å². The molecule has 1 amide bonds. The van der Waals surface area contributed by atoms with Crippen molar-refractivity contribution in [2.75, 3.05) is 45.1 Å². The van der Waals surface area contributed by atoms with Crippen molar-refractivity contribution in [1.29, 1.82) is 0 Å². The van der Waals surface area contributed by atoms with Crippen LogP contribution in [-0.4, -0.2) is 64.4 Å². The molecule has 6 nitrogen and oxygen atoms in total. The summed E-state index contributed by atoms with van der Waals surface area (Å²) < 4.78 is 29.4. The Morgan fingerprint density at radius 2 is 1.86 bits per heavy atom. The van der Waals surface area contributed by atoms with Crippen molar-refractivity contribution >= 4 is 15.7 Å². The van der Waals surface area contributed by atoms with E-state index in [0.29, 0.717) is 6.54 Å². The molecule has 1 N–H and O–H groups in total. The summed E-state index contributed by atoms with van der Waals surface area (Å²) >= 11 is 0. The summed E-state index contributed by atoms with van der Waals surface area (Å²) in [5, 5.41) is 2.77. The van der Waals surface area contributed by atoms with Crippen LogP contribution in [0.25, 0.3) is 0 Å². The van der Waals surface area contributed by atoms with Crippen LogP contribution in [0, 0.1) is 0 Å². The lowest BCUT2D eigenvalue weighted by Gasteiger charge is -2.26. The van der Waals surface area contributed by atoms with Gasteiger partial charge in [0.05, 0.1) is 23.9 Å². The molecule has 2 rings (SSSR count). The van der Waals surface area contributed by atoms with Gasteiger partial charge >= 0.3 is 0 Å². The lowest BCUT2D eigenvalue weighted by Crippen LogP contribution is -2.41. The second-order valence-corrected chi connectivity index (χ2v) is 7.30. The number of sulfone groups is 1. The highest BCUT2D eigenvalue weighted by Gasteiger charge is 2.16. The molecule has 0 saturated carbocycles. The summed E-state index contributed by atoms with van der Waals surface area (Å²) in [5.41, 5.74) is 0. The van der Waals surface area contributed by atoms with E-state index in [-0.39, 0.29) is 23.0 Å². The van der Waals surface area contributed by atoms with E-state index in [2.05, 4.69) is 10.2 Å². The zero-order valence-corrected chi connectivity index (χ0v) is 13.3. The maximum Gasteiger partial charge on any atom is 0.221 e. The first-order valence-corrected chi connectivity index (χ1v) is 9.08. The van der Waals surface area contributed by atoms with E-state index in [0.717, 1.165) is 32.8 Å². The van der Waals surface area contributed by atoms with Crippen molar-refractivity contribution in [3.8, 4) is 0 Å². The molecule has 122 valence electrons. The highest BCUT2D eigenvalue weighted by atomic mass is 32.2. The Morgan fingerprint density at radius 3 is 2.55 bits per heavy atom. The van der Waals surface area contributed by atoms with Gasteiger partial charge in [-0.2, -0.15) is 0 Å². The minimum atomic E-state index is -3.39. The van der Waals surface area contributed by atoms with Crippen molar-refractivity contribution in [2.24, 2.45) is 0 Å². The number of ether oxygens (including phenoxy) is 1. The van der Waals surface area contributed by atoms with Crippen molar-refractivity contribution in [3.05, 3.63) is 30.3 Å². The molecule has 1 aromatic rings. The number of hydrogen-bond donors (Lipinski definition) is 1. The molecule has 0 atom stereocenters. The second-order valence-electron chi connectivity index (χ2n) is 5.19. The van der Waals surface area contributed by atoms with Gasteiger partial charge in [-0.3, -0.25) is 9.69 Å². The summed E-state index contributed by atoms with van der Waals surface area (Å²) in [4.78, 5) is 14.2. The molecule has 1 aliphatic heterocycles. The molecule has 22 heavy (non-hydrogen) atoms. The zero-order chi connectivity index (χ0) is 15.8. The Balaban J connectivity index is 1.69. The monoisotopic (exact) mass is 326 g/mol. The molecule has 0 aliphatic carbocycles. The smallest absolute Gasteiger partial charge is 0.221 e. The van der Waals surface area contributed by atoms with Crippen molar-refractivity contribution in [1.82, 2.24) is 10.2 Å². The number of nitrogens with zero attached hydrogens (tertiary/aromatic N) is 1. The van der Waals surface area contributed by atoms with Crippen molar-refractivity contribution in [3.63, 3.8) is 0 Å². The Kier molecular flexibility index (Phi) is 6.35. The van der Waals surface area contributed by atoms with Crippen LogP contribution in [0.3, 0.4) is 0 Å². The van der Waals surface area contributed by atoms with E-state index in [1.165, 1.54) is 0 Å². The molecular formula is C15H22N2O4S. The van der Waals surface area contributed by atoms with Crippen LogP contribution < -0.4 is 5.32 Å². The number of rotatable bonds is 7. The minimum Gasteiger partial charge on any atom is -0.379 e. The topological polar surface area (TPSA) is 75.7 Å². The van der Waals surface area contributed by atoms with Crippen molar-refractivity contribution in [2.45, 2.75) is 11.3 Å². The van der Waals surface area contributed by atoms with Crippen LogP contribution in [0.2, 0.25) is 0 Å². The number of benzene rings is 1. The Labute approximate surface area is 131 Å². The van der Waals surface area contributed by atoms with Gasteiger partial charge in [0.2, 0.25) is 5.91 Å². The summed E-state index contributed by atoms with van der Waals surface area (Å²) in [5.74, 6) is -0.395. The number of nitrogens with one attached hydrogen (secondary N) is 1. The first-order valence-electron chi connectivity index (χ1n) is 7.42. The van der Waals surface area contributed by atoms with Gasteiger partial charge in [-0.05, 0) is 12.1 Å². The molecule has 0 aromatic heterocycles. The molecule has 0 bridgehead atoms. The van der Waals surface area contributed by atoms with E-state index in [4.69, 9.17) is 4.74 Å². The fourth-order valence-electron chi connectivity index (χ4n) is 2.24. The van der Waals surface area contributed by atoms with Gasteiger partial charge in [0.15, 0.2) is 9.84 Å². The Morgan fingerprint density at radius 1 is 1.18 bits per heavy atom. The number of morpholine rings is 1. The first-order chi connectivity index (χ1) is 10.6. The van der Waals surface area contributed by atoms with E-state index in [1.807, 2.05) is 0 Å². The SMILES string of the molecule is O=C(CCS(=O)(=O)c1ccccc1)NCCN1CCOCC1. The Hall–Kier alpha value is -1.44. The molecule has 1 aliphatic rings. The standard InChI is InChI=1S/C15H22N2O4S/c18-15(16-7-8-17-9-11-21-12-10-17)6-13-22(19,20)14-4-2-1-3-5-14/h1-5H,6-13H2,(H,16,18). The van der Waals surface area contributed by atoms with Crippen molar-refractivity contribution < 1.29 is 17.9 Å². The van der Waals surface area contributed by atoms with Crippen LogP contribution >= 0.6 is 0 Å². The van der Waals surface area contributed by atoms with Crippen LogP contribution in [0.4, 0.5) is 0 Å². The quantitative estimate of drug-likeness (QED) is 0.780. The van der Waals surface area contributed by atoms with Gasteiger partial charge in [-0.1, -0.05) is 18.2 Å². The summed E-state index contributed by atoms with van der Waals surface area (Å²) in [6.07, 6.45) is -0.0136. The zero-order valence-electron chi connectivity index (χ0n) is 12.5. The number of carbonyl (C=O) groups is 1. The molecule has 1 heterocycles. The molecule has 0 unspecified atom stereocenters. The fourth-order valence-corrected chi connectivity index (χ4v) is 3.50. The molecular weight excluding hydrogens is 304 g/mol. The molecule has 1 aromatic carbocycles. The third-order valence-corrected chi connectivity index (χ3v) is 5.29. The summed E-state index contributed by atoms with van der Waals surface area (Å²) in [6, 6.07) is 8.21. The highest BCUT2D eigenvalue weighted by Crippen LogP contribution is 2.10. The van der Waals surface area contributed by atoms with Gasteiger partial charge in [-0.25, -0.2) is 8.42 Å². The van der Waals surface area contributed by atoms with E-state index < -0.39 is 9.84 Å². The van der Waals surface area contributed by atoms with Crippen LogP contribution in [0.1, 0.15) is 6.42 Å². The molecule has 0 spiro atoms. The fraction of sp³-hybridized carbons (Fsp3) is 0.533. The highest BCUT2D eigenvalue weighted by molar-refractivity contribution is 7.91. The average molecular weight is 326 g/mol. The number of carbonyl (C=O) groups excluding carboxylic acids is 1. The molecule has 1 fully saturated rings. The summed E-state index contributed by atoms with van der Waals surface area (Å²) in [7, 11) is -3.39. The van der Waals surface area contributed by atoms with Gasteiger partial charge in [0, 0.05) is 32.6 Å². The minimum absolute atomic E-state index is 0.0136. The lowest BCUT2D eigenvalue weighted by atomic mass is 10.4. The Bertz CT molecular complexity index is 568. The van der Waals surface area contributed by atoms with Gasteiger partial charge in [0.25, 0.3) is 0 Å². The van der Waals surface area contributed by atoms with Gasteiger partial charge in [-0.15, -0.1) is 0 Å². The molecule has 0 radical (unpaired) electrons. The predicted octanol–water partition coefficient (Wildman–Crippen LogP) is 0.299. The molecule has 7 heteroatoms. The predicted molar refractivity (Wildman–Crippen MR) is 83.4 cm³/mol. The summed E-state index contributed by atoms with van der Waals surface area (Å²) in [6.45, 7) is 4.49. The van der Waals surface area contributed by atoms with E-state index in [9.17, 15) is 13.2 Å². The second kappa shape index (κ2) is 8.26. The number of hydrogen-bond acceptors (Lipinski definition) is 5. The largest absolute Gasteiger partial charge is 0.379 e. The maximum absolute atomic E-state index is 12.1. The van der Waals surface area contributed by atoms with E-state index >= 15 is 0 Å². The average Bonchev–Trinajstić information content (AvgIpc) is 2.55. The van der Waals surface area contributed by atoms with Crippen LogP contribution in [0.5, 0.6) is 0 Å². The van der Waals surface area contributed by atoms with Crippen LogP contribution in [-0.2, 0) is 19.4 Å². The lowest BCUT2D eigenvalue weighted by molar-refractivity contribution is -0.120. The number of amides is 1. The molecule has 1 saturated heterocycles. The third kappa shape index (κ3) is 5.40. The third-order valence-electron chi connectivity index (χ3n) is 3.55. The maximum atomic E-state index is 12.1. The first kappa shape index (κ1) is 16.9. The van der Waals surface area contributed by atoms with E-state index in [1.54, 1.807) is 30.3 Å². The van der Waals surface area contributed by atoms with Crippen LogP contribution in [0.15, 0.2) is 35.2 Å². The normalized spacial score (nSPS) is 16.4.